The van der Waals surface area contributed by atoms with Crippen molar-refractivity contribution in [3.05, 3.63) is 59.7 Å². The summed E-state index contributed by atoms with van der Waals surface area (Å²) in [6, 6.07) is 13.3. The van der Waals surface area contributed by atoms with Crippen molar-refractivity contribution in [3.63, 3.8) is 0 Å². The van der Waals surface area contributed by atoms with Crippen molar-refractivity contribution in [2.75, 3.05) is 19.8 Å². The number of Topliss-reactive ketones (excluding diaryl/α,β-unsaturated/α-hetero) is 1. The molecule has 154 valence electrons. The SMILES string of the molecule is CCOc1ccc(C(=O)[C@H](C)OC(=O)CNC(=O)c2ccccc2OCC)cc1. The molecule has 0 bridgehead atoms. The van der Waals surface area contributed by atoms with Gasteiger partial charge in [0.25, 0.3) is 5.91 Å². The first-order valence-corrected chi connectivity index (χ1v) is 9.42. The first-order valence-electron chi connectivity index (χ1n) is 9.42. The summed E-state index contributed by atoms with van der Waals surface area (Å²) < 4.78 is 15.9. The van der Waals surface area contributed by atoms with Gasteiger partial charge in [0, 0.05) is 5.56 Å². The monoisotopic (exact) mass is 399 g/mol. The zero-order valence-electron chi connectivity index (χ0n) is 16.8. The van der Waals surface area contributed by atoms with Gasteiger partial charge in [0.2, 0.25) is 5.78 Å². The highest BCUT2D eigenvalue weighted by atomic mass is 16.5. The Hall–Kier alpha value is -3.35. The van der Waals surface area contributed by atoms with Gasteiger partial charge in [-0.15, -0.1) is 0 Å². The largest absolute Gasteiger partial charge is 0.494 e. The third-order valence-corrected chi connectivity index (χ3v) is 3.95. The molecule has 0 radical (unpaired) electrons. The maximum Gasteiger partial charge on any atom is 0.326 e. The number of nitrogens with one attached hydrogen (secondary N) is 1. The lowest BCUT2D eigenvalue weighted by Crippen LogP contribution is -2.34. The number of carbonyl (C=O) groups excluding carboxylic acids is 3. The molecule has 0 unspecified atom stereocenters. The molecule has 1 amide bonds. The number of ketones is 1. The predicted molar refractivity (Wildman–Crippen MR) is 107 cm³/mol. The lowest BCUT2D eigenvalue weighted by atomic mass is 10.1. The molecular formula is C22H25NO6. The summed E-state index contributed by atoms with van der Waals surface area (Å²) in [4.78, 5) is 36.7. The molecule has 0 saturated heterocycles. The molecule has 0 fully saturated rings. The average Bonchev–Trinajstić information content (AvgIpc) is 2.73. The van der Waals surface area contributed by atoms with Crippen molar-refractivity contribution in [1.82, 2.24) is 5.32 Å². The number of rotatable bonds is 10. The van der Waals surface area contributed by atoms with E-state index in [-0.39, 0.29) is 12.3 Å². The highest BCUT2D eigenvalue weighted by Gasteiger charge is 2.20. The van der Waals surface area contributed by atoms with Crippen molar-refractivity contribution >= 4 is 17.7 Å². The zero-order valence-corrected chi connectivity index (χ0v) is 16.8. The van der Waals surface area contributed by atoms with Crippen molar-refractivity contribution in [2.24, 2.45) is 0 Å². The van der Waals surface area contributed by atoms with Gasteiger partial charge in [0.05, 0.1) is 18.8 Å². The summed E-state index contributed by atoms with van der Waals surface area (Å²) >= 11 is 0. The highest BCUT2D eigenvalue weighted by Crippen LogP contribution is 2.18. The van der Waals surface area contributed by atoms with E-state index >= 15 is 0 Å². The van der Waals surface area contributed by atoms with Gasteiger partial charge in [-0.1, -0.05) is 12.1 Å². The Kier molecular flexibility index (Phi) is 8.21. The standard InChI is InChI=1S/C22H25NO6/c1-4-27-17-12-10-16(11-13-17)21(25)15(3)29-20(24)14-23-22(26)18-8-6-7-9-19(18)28-5-2/h6-13,15H,4-5,14H2,1-3H3,(H,23,26)/t15-/m0/s1. The van der Waals surface area contributed by atoms with Crippen LogP contribution >= 0.6 is 0 Å². The van der Waals surface area contributed by atoms with Crippen LogP contribution in [0.2, 0.25) is 0 Å². The minimum Gasteiger partial charge on any atom is -0.494 e. The Morgan fingerprint density at radius 2 is 1.59 bits per heavy atom. The molecule has 2 rings (SSSR count). The normalized spacial score (nSPS) is 11.3. The quantitative estimate of drug-likeness (QED) is 0.488. The van der Waals surface area contributed by atoms with E-state index in [1.54, 1.807) is 48.5 Å². The van der Waals surface area contributed by atoms with Crippen LogP contribution in [-0.2, 0) is 9.53 Å². The highest BCUT2D eigenvalue weighted by molar-refractivity contribution is 6.01. The molecule has 2 aromatic carbocycles. The van der Waals surface area contributed by atoms with E-state index in [1.807, 2.05) is 13.8 Å². The maximum absolute atomic E-state index is 12.4. The van der Waals surface area contributed by atoms with E-state index < -0.39 is 18.0 Å². The third kappa shape index (κ3) is 6.34. The Morgan fingerprint density at radius 1 is 0.931 bits per heavy atom. The minimum atomic E-state index is -0.979. The van der Waals surface area contributed by atoms with Gasteiger partial charge in [-0.2, -0.15) is 0 Å². The zero-order chi connectivity index (χ0) is 21.2. The van der Waals surface area contributed by atoms with Gasteiger partial charge in [-0.3, -0.25) is 14.4 Å². The molecule has 0 heterocycles. The Balaban J connectivity index is 1.88. The molecule has 0 saturated carbocycles. The second-order valence-electron chi connectivity index (χ2n) is 6.07. The smallest absolute Gasteiger partial charge is 0.326 e. The van der Waals surface area contributed by atoms with Crippen LogP contribution in [0.25, 0.3) is 0 Å². The van der Waals surface area contributed by atoms with Crippen LogP contribution in [0.5, 0.6) is 11.5 Å². The van der Waals surface area contributed by atoms with Gasteiger partial charge in [0.15, 0.2) is 6.10 Å². The van der Waals surface area contributed by atoms with Crippen LogP contribution in [-0.4, -0.2) is 43.5 Å². The molecule has 0 spiro atoms. The Labute approximate surface area is 170 Å². The van der Waals surface area contributed by atoms with Crippen LogP contribution in [0.1, 0.15) is 41.5 Å². The van der Waals surface area contributed by atoms with Crippen LogP contribution in [0.3, 0.4) is 0 Å². The lowest BCUT2D eigenvalue weighted by molar-refractivity contribution is -0.145. The topological polar surface area (TPSA) is 90.9 Å². The molecule has 7 nitrogen and oxygen atoms in total. The van der Waals surface area contributed by atoms with E-state index in [1.165, 1.54) is 6.92 Å². The number of esters is 1. The summed E-state index contributed by atoms with van der Waals surface area (Å²) in [6.45, 7) is 5.76. The molecule has 0 aliphatic heterocycles. The number of hydrogen-bond acceptors (Lipinski definition) is 6. The van der Waals surface area contributed by atoms with Crippen molar-refractivity contribution in [3.8, 4) is 11.5 Å². The average molecular weight is 399 g/mol. The van der Waals surface area contributed by atoms with Gasteiger partial charge in [0.1, 0.15) is 18.0 Å². The Morgan fingerprint density at radius 3 is 2.24 bits per heavy atom. The molecular weight excluding hydrogens is 374 g/mol. The summed E-state index contributed by atoms with van der Waals surface area (Å²) in [5, 5.41) is 2.48. The van der Waals surface area contributed by atoms with E-state index in [2.05, 4.69) is 5.32 Å². The molecule has 0 aliphatic rings. The van der Waals surface area contributed by atoms with Crippen LogP contribution in [0.15, 0.2) is 48.5 Å². The van der Waals surface area contributed by atoms with Crippen LogP contribution in [0, 0.1) is 0 Å². The number of benzene rings is 2. The molecule has 29 heavy (non-hydrogen) atoms. The summed E-state index contributed by atoms with van der Waals surface area (Å²) in [5.41, 5.74) is 0.726. The van der Waals surface area contributed by atoms with E-state index in [0.717, 1.165) is 0 Å². The van der Waals surface area contributed by atoms with Gasteiger partial charge in [-0.05, 0) is 57.2 Å². The second-order valence-corrected chi connectivity index (χ2v) is 6.07. The summed E-state index contributed by atoms with van der Waals surface area (Å²) in [6.07, 6.45) is -0.979. The van der Waals surface area contributed by atoms with Crippen molar-refractivity contribution in [1.29, 1.82) is 0 Å². The molecule has 0 aliphatic carbocycles. The van der Waals surface area contributed by atoms with Gasteiger partial charge >= 0.3 is 5.97 Å². The summed E-state index contributed by atoms with van der Waals surface area (Å²) in [5.74, 6) is -0.423. The molecule has 7 heteroatoms. The van der Waals surface area contributed by atoms with Gasteiger partial charge < -0.3 is 19.5 Å². The molecule has 0 aromatic heterocycles. The lowest BCUT2D eigenvalue weighted by Gasteiger charge is -2.14. The first-order chi connectivity index (χ1) is 14.0. The van der Waals surface area contributed by atoms with E-state index in [9.17, 15) is 14.4 Å². The predicted octanol–water partition coefficient (Wildman–Crippen LogP) is 3.03. The van der Waals surface area contributed by atoms with E-state index in [0.29, 0.717) is 35.8 Å². The fraction of sp³-hybridized carbons (Fsp3) is 0.318. The van der Waals surface area contributed by atoms with Gasteiger partial charge in [-0.25, -0.2) is 0 Å². The van der Waals surface area contributed by atoms with Crippen molar-refractivity contribution in [2.45, 2.75) is 26.9 Å². The first kappa shape index (κ1) is 21.9. The number of ether oxygens (including phenoxy) is 3. The number of para-hydroxylation sites is 1. The second kappa shape index (κ2) is 10.8. The third-order valence-electron chi connectivity index (χ3n) is 3.95. The van der Waals surface area contributed by atoms with E-state index in [4.69, 9.17) is 14.2 Å². The van der Waals surface area contributed by atoms with Crippen molar-refractivity contribution < 1.29 is 28.6 Å². The van der Waals surface area contributed by atoms with Crippen LogP contribution < -0.4 is 14.8 Å². The number of carbonyl (C=O) groups is 3. The fourth-order valence-electron chi connectivity index (χ4n) is 2.59. The molecule has 1 N–H and O–H groups in total. The summed E-state index contributed by atoms with van der Waals surface area (Å²) in [7, 11) is 0. The minimum absolute atomic E-state index is 0.320. The number of hydrogen-bond donors (Lipinski definition) is 1. The maximum atomic E-state index is 12.4. The van der Waals surface area contributed by atoms with Crippen LogP contribution in [0.4, 0.5) is 0 Å². The Bertz CT molecular complexity index is 847. The number of amides is 1. The molecule has 1 atom stereocenters. The fourth-order valence-corrected chi connectivity index (χ4v) is 2.59. The molecule has 2 aromatic rings.